The minimum Gasteiger partial charge on any atom is -0.319 e. The minimum absolute atomic E-state index is 0.0203. The number of rotatable bonds is 4. The lowest BCUT2D eigenvalue weighted by atomic mass is 9.98. The molecule has 9 nitrogen and oxygen atoms in total. The lowest BCUT2D eigenvalue weighted by molar-refractivity contribution is -0.384. The van der Waals surface area contributed by atoms with Gasteiger partial charge < -0.3 is 4.57 Å². The number of carbonyl (C=O) groups excluding carboxylic acids is 1. The number of hydrogen-bond donors (Lipinski definition) is 0. The van der Waals surface area contributed by atoms with Gasteiger partial charge in [0.05, 0.1) is 15.1 Å². The van der Waals surface area contributed by atoms with Crippen molar-refractivity contribution < 1.29 is 18.1 Å². The largest absolute Gasteiger partial charge is 0.319 e. The molecule has 3 heterocycles. The first-order valence-corrected chi connectivity index (χ1v) is 12.3. The first kappa shape index (κ1) is 20.8. The number of piperidine rings is 1. The molecule has 1 amide bonds. The Balaban J connectivity index is 1.52. The third kappa shape index (κ3) is 3.83. The second kappa shape index (κ2) is 8.02. The Hall–Kier alpha value is -2.41. The van der Waals surface area contributed by atoms with Crippen LogP contribution in [0, 0.1) is 16.0 Å². The van der Waals surface area contributed by atoms with Gasteiger partial charge in [0.1, 0.15) is 4.21 Å². The molecule has 2 aromatic heterocycles. The van der Waals surface area contributed by atoms with Gasteiger partial charge in [0.15, 0.2) is 4.80 Å². The lowest BCUT2D eigenvalue weighted by Crippen LogP contribution is -2.40. The summed E-state index contributed by atoms with van der Waals surface area (Å²) in [5.41, 5.74) is 0.616. The second-order valence-corrected chi connectivity index (χ2v) is 11.0. The zero-order valence-electron chi connectivity index (χ0n) is 15.9. The van der Waals surface area contributed by atoms with E-state index in [4.69, 9.17) is 0 Å². The van der Waals surface area contributed by atoms with Crippen LogP contribution >= 0.6 is 22.7 Å². The number of hydrogen-bond acceptors (Lipinski definition) is 7. The Morgan fingerprint density at radius 1 is 1.27 bits per heavy atom. The molecule has 4 rings (SSSR count). The smallest absolute Gasteiger partial charge is 0.271 e. The molecule has 0 radical (unpaired) electrons. The van der Waals surface area contributed by atoms with Crippen molar-refractivity contribution in [3.63, 3.8) is 0 Å². The van der Waals surface area contributed by atoms with Crippen molar-refractivity contribution in [1.82, 2.24) is 8.87 Å². The highest BCUT2D eigenvalue weighted by molar-refractivity contribution is 7.91. The Kier molecular flexibility index (Phi) is 5.57. The van der Waals surface area contributed by atoms with Crippen molar-refractivity contribution in [1.29, 1.82) is 0 Å². The van der Waals surface area contributed by atoms with Crippen LogP contribution in [-0.2, 0) is 21.9 Å². The highest BCUT2D eigenvalue weighted by atomic mass is 32.2. The third-order valence-corrected chi connectivity index (χ3v) is 9.49. The molecular formula is C18H18N4O5S3. The number of nitro benzene ring substituents is 1. The quantitative estimate of drug-likeness (QED) is 0.433. The van der Waals surface area contributed by atoms with Gasteiger partial charge >= 0.3 is 0 Å². The van der Waals surface area contributed by atoms with Gasteiger partial charge in [-0.2, -0.15) is 9.30 Å². The molecule has 1 aliphatic rings. The van der Waals surface area contributed by atoms with Crippen LogP contribution in [0.1, 0.15) is 12.8 Å². The van der Waals surface area contributed by atoms with E-state index in [-0.39, 0.29) is 30.6 Å². The molecule has 12 heteroatoms. The van der Waals surface area contributed by atoms with E-state index in [0.717, 1.165) is 4.70 Å². The molecule has 0 saturated carbocycles. The number of non-ortho nitro benzene ring substituents is 1. The standard InChI is InChI=1S/C18H18N4O5S3/c1-20-14-11-13(22(24)25)4-5-15(14)29-18(20)19-17(23)12-6-8-21(9-7-12)30(26,27)16-3-2-10-28-16/h2-5,10-12H,6-9H2,1H3. The van der Waals surface area contributed by atoms with Gasteiger partial charge in [-0.1, -0.05) is 17.4 Å². The number of aryl methyl sites for hydroxylation is 1. The van der Waals surface area contributed by atoms with Gasteiger partial charge in [-0.05, 0) is 30.4 Å². The molecular weight excluding hydrogens is 448 g/mol. The summed E-state index contributed by atoms with van der Waals surface area (Å²) in [4.78, 5) is 27.9. The van der Waals surface area contributed by atoms with Crippen LogP contribution in [0.25, 0.3) is 10.2 Å². The normalized spacial score (nSPS) is 16.9. The van der Waals surface area contributed by atoms with E-state index in [2.05, 4.69) is 4.99 Å². The zero-order chi connectivity index (χ0) is 21.5. The topological polar surface area (TPSA) is 115 Å². The van der Waals surface area contributed by atoms with Gasteiger partial charge in [0.25, 0.3) is 21.6 Å². The molecule has 3 aromatic rings. The molecule has 1 saturated heterocycles. The Bertz CT molecular complexity index is 1280. The van der Waals surface area contributed by atoms with Gasteiger partial charge in [0.2, 0.25) is 0 Å². The molecule has 158 valence electrons. The van der Waals surface area contributed by atoms with Crippen LogP contribution in [-0.4, -0.2) is 41.2 Å². The van der Waals surface area contributed by atoms with E-state index in [1.807, 2.05) is 0 Å². The minimum atomic E-state index is -3.51. The fourth-order valence-electron chi connectivity index (χ4n) is 3.40. The van der Waals surface area contributed by atoms with E-state index in [0.29, 0.717) is 27.4 Å². The molecule has 30 heavy (non-hydrogen) atoms. The number of benzene rings is 1. The number of thiazole rings is 1. The Labute approximate surface area is 180 Å². The summed E-state index contributed by atoms with van der Waals surface area (Å²) in [5.74, 6) is -0.640. The summed E-state index contributed by atoms with van der Waals surface area (Å²) >= 11 is 2.47. The fourth-order valence-corrected chi connectivity index (χ4v) is 7.02. The molecule has 1 aliphatic heterocycles. The van der Waals surface area contributed by atoms with Gasteiger partial charge in [0, 0.05) is 38.2 Å². The van der Waals surface area contributed by atoms with Gasteiger partial charge in [-0.15, -0.1) is 11.3 Å². The molecule has 0 atom stereocenters. The molecule has 0 aliphatic carbocycles. The average Bonchev–Trinajstić information content (AvgIpc) is 3.37. The first-order valence-electron chi connectivity index (χ1n) is 9.13. The van der Waals surface area contributed by atoms with E-state index < -0.39 is 14.9 Å². The number of fused-ring (bicyclic) bond motifs is 1. The van der Waals surface area contributed by atoms with Crippen molar-refractivity contribution in [3.05, 3.63) is 50.6 Å². The van der Waals surface area contributed by atoms with Crippen LogP contribution in [0.4, 0.5) is 5.69 Å². The number of nitrogens with zero attached hydrogens (tertiary/aromatic N) is 4. The van der Waals surface area contributed by atoms with Crippen LogP contribution in [0.5, 0.6) is 0 Å². The highest BCUT2D eigenvalue weighted by Crippen LogP contribution is 2.27. The summed E-state index contributed by atoms with van der Waals surface area (Å²) < 4.78 is 29.4. The molecule has 0 unspecified atom stereocenters. The van der Waals surface area contributed by atoms with Gasteiger partial charge in [-0.25, -0.2) is 8.42 Å². The SMILES string of the molecule is Cn1c(=NC(=O)C2CCN(S(=O)(=O)c3cccs3)CC2)sc2ccc([N+](=O)[O-])cc21. The zero-order valence-corrected chi connectivity index (χ0v) is 18.4. The first-order chi connectivity index (χ1) is 14.3. The maximum Gasteiger partial charge on any atom is 0.271 e. The summed E-state index contributed by atoms with van der Waals surface area (Å²) in [6, 6.07) is 7.82. The van der Waals surface area contributed by atoms with E-state index in [1.165, 1.54) is 39.1 Å². The predicted molar refractivity (Wildman–Crippen MR) is 114 cm³/mol. The molecule has 0 N–H and O–H groups in total. The van der Waals surface area contributed by atoms with E-state index >= 15 is 0 Å². The highest BCUT2D eigenvalue weighted by Gasteiger charge is 2.32. The molecule has 1 aromatic carbocycles. The number of aromatic nitrogens is 1. The van der Waals surface area contributed by atoms with Crippen molar-refractivity contribution in [2.75, 3.05) is 13.1 Å². The van der Waals surface area contributed by atoms with E-state index in [1.54, 1.807) is 35.2 Å². The van der Waals surface area contributed by atoms with Gasteiger partial charge in [-0.3, -0.25) is 14.9 Å². The number of carbonyl (C=O) groups is 1. The molecule has 0 bridgehead atoms. The number of thiophene rings is 1. The van der Waals surface area contributed by atoms with Crippen LogP contribution in [0.3, 0.4) is 0 Å². The van der Waals surface area contributed by atoms with Crippen molar-refractivity contribution in [2.24, 2.45) is 18.0 Å². The van der Waals surface area contributed by atoms with Crippen LogP contribution in [0.2, 0.25) is 0 Å². The van der Waals surface area contributed by atoms with E-state index in [9.17, 15) is 23.3 Å². The maximum absolute atomic E-state index is 12.7. The Morgan fingerprint density at radius 2 is 2.00 bits per heavy atom. The number of amides is 1. The summed E-state index contributed by atoms with van der Waals surface area (Å²) in [6.07, 6.45) is 0.819. The average molecular weight is 467 g/mol. The third-order valence-electron chi connectivity index (χ3n) is 5.10. The summed E-state index contributed by atoms with van der Waals surface area (Å²) in [7, 11) is -1.80. The molecule has 1 fully saturated rings. The lowest BCUT2D eigenvalue weighted by Gasteiger charge is -2.29. The summed E-state index contributed by atoms with van der Waals surface area (Å²) in [6.45, 7) is 0.549. The number of nitro groups is 1. The van der Waals surface area contributed by atoms with Crippen molar-refractivity contribution in [3.8, 4) is 0 Å². The molecule has 0 spiro atoms. The van der Waals surface area contributed by atoms with Crippen molar-refractivity contribution >= 4 is 54.5 Å². The van der Waals surface area contributed by atoms with Crippen molar-refractivity contribution in [2.45, 2.75) is 17.1 Å². The van der Waals surface area contributed by atoms with Crippen LogP contribution < -0.4 is 4.80 Å². The second-order valence-electron chi connectivity index (χ2n) is 6.91. The predicted octanol–water partition coefficient (Wildman–Crippen LogP) is 2.74. The summed E-state index contributed by atoms with van der Waals surface area (Å²) in [5, 5.41) is 12.7. The van der Waals surface area contributed by atoms with Crippen LogP contribution in [0.15, 0.2) is 44.9 Å². The monoisotopic (exact) mass is 466 g/mol. The fraction of sp³-hybridized carbons (Fsp3) is 0.333. The maximum atomic E-state index is 12.7. The number of sulfonamides is 1. The Morgan fingerprint density at radius 3 is 2.63 bits per heavy atom.